The highest BCUT2D eigenvalue weighted by Gasteiger charge is 2.17. The minimum Gasteiger partial charge on any atom is -0.389 e. The van der Waals surface area contributed by atoms with Gasteiger partial charge in [0, 0.05) is 18.7 Å². The molecule has 0 saturated carbocycles. The quantitative estimate of drug-likeness (QED) is 0.893. The highest BCUT2D eigenvalue weighted by Crippen LogP contribution is 2.30. The van der Waals surface area contributed by atoms with Gasteiger partial charge in [0.25, 0.3) is 0 Å². The molecule has 0 heterocycles. The molecule has 0 unspecified atom stereocenters. The zero-order valence-corrected chi connectivity index (χ0v) is 11.9. The van der Waals surface area contributed by atoms with Gasteiger partial charge in [-0.1, -0.05) is 42.5 Å². The molecule has 0 saturated heterocycles. The molecule has 2 aromatic carbocycles. The number of hydrogen-bond donors (Lipinski definition) is 1. The van der Waals surface area contributed by atoms with E-state index in [1.165, 1.54) is 6.07 Å². The molecule has 0 bridgehead atoms. The Balaban J connectivity index is 2.37. The highest BCUT2D eigenvalue weighted by atomic mass is 19.1. The summed E-state index contributed by atoms with van der Waals surface area (Å²) in [6.45, 7) is 4.95. The fourth-order valence-electron chi connectivity index (χ4n) is 2.36. The first-order chi connectivity index (χ1) is 9.63. The van der Waals surface area contributed by atoms with Crippen LogP contribution >= 0.6 is 0 Å². The van der Waals surface area contributed by atoms with Crippen LogP contribution in [-0.4, -0.2) is 11.7 Å². The molecule has 1 atom stereocenters. The molecule has 1 N–H and O–H groups in total. The smallest absolute Gasteiger partial charge is 0.146 e. The standard InChI is InChI=1S/C17H20FNO/c1-3-19(12-14-8-5-4-6-9-14)17-15(13(2)20)10-7-11-16(17)18/h4-11,13,20H,3,12H2,1-2H3/t13-/m1/s1. The van der Waals surface area contributed by atoms with Crippen molar-refractivity contribution >= 4 is 5.69 Å². The van der Waals surface area contributed by atoms with Crippen molar-refractivity contribution in [1.82, 2.24) is 0 Å². The zero-order chi connectivity index (χ0) is 14.5. The molecule has 0 amide bonds. The second-order valence-corrected chi connectivity index (χ2v) is 4.85. The van der Waals surface area contributed by atoms with E-state index >= 15 is 0 Å². The maximum absolute atomic E-state index is 14.2. The Bertz CT molecular complexity index is 554. The van der Waals surface area contributed by atoms with Crippen molar-refractivity contribution in [3.63, 3.8) is 0 Å². The molecule has 0 aliphatic rings. The van der Waals surface area contributed by atoms with Crippen LogP contribution in [0.25, 0.3) is 0 Å². The maximum Gasteiger partial charge on any atom is 0.146 e. The number of halogens is 1. The molecule has 2 nitrogen and oxygen atoms in total. The number of rotatable bonds is 5. The van der Waals surface area contributed by atoms with Crippen molar-refractivity contribution in [2.45, 2.75) is 26.5 Å². The first kappa shape index (κ1) is 14.5. The van der Waals surface area contributed by atoms with Crippen LogP contribution in [0.15, 0.2) is 48.5 Å². The van der Waals surface area contributed by atoms with E-state index in [0.29, 0.717) is 24.3 Å². The summed E-state index contributed by atoms with van der Waals surface area (Å²) in [6.07, 6.45) is -0.689. The Kier molecular flexibility index (Phi) is 4.74. The molecule has 0 spiro atoms. The minimum absolute atomic E-state index is 0.291. The second kappa shape index (κ2) is 6.53. The number of para-hydroxylation sites is 1. The number of aliphatic hydroxyl groups excluding tert-OH is 1. The van der Waals surface area contributed by atoms with Gasteiger partial charge in [-0.2, -0.15) is 0 Å². The topological polar surface area (TPSA) is 23.5 Å². The molecular formula is C17H20FNO. The zero-order valence-electron chi connectivity index (χ0n) is 11.9. The van der Waals surface area contributed by atoms with Crippen LogP contribution in [0.4, 0.5) is 10.1 Å². The predicted molar refractivity (Wildman–Crippen MR) is 80.2 cm³/mol. The van der Waals surface area contributed by atoms with Crippen LogP contribution in [0, 0.1) is 5.82 Å². The number of aliphatic hydroxyl groups is 1. The lowest BCUT2D eigenvalue weighted by Crippen LogP contribution is -2.25. The van der Waals surface area contributed by atoms with E-state index in [1.807, 2.05) is 42.2 Å². The molecule has 0 aliphatic heterocycles. The molecule has 106 valence electrons. The summed E-state index contributed by atoms with van der Waals surface area (Å²) in [5.41, 5.74) is 2.24. The highest BCUT2D eigenvalue weighted by molar-refractivity contribution is 5.56. The van der Waals surface area contributed by atoms with E-state index in [9.17, 15) is 9.50 Å². The lowest BCUT2D eigenvalue weighted by atomic mass is 10.1. The minimum atomic E-state index is -0.689. The number of nitrogens with zero attached hydrogens (tertiary/aromatic N) is 1. The summed E-state index contributed by atoms with van der Waals surface area (Å²) in [5, 5.41) is 9.85. The van der Waals surface area contributed by atoms with Crippen LogP contribution in [0.2, 0.25) is 0 Å². The average Bonchev–Trinajstić information content (AvgIpc) is 2.46. The fraction of sp³-hybridized carbons (Fsp3) is 0.294. The van der Waals surface area contributed by atoms with Gasteiger partial charge in [0.2, 0.25) is 0 Å². The van der Waals surface area contributed by atoms with E-state index in [1.54, 1.807) is 19.1 Å². The Morgan fingerprint density at radius 1 is 1.10 bits per heavy atom. The number of hydrogen-bond acceptors (Lipinski definition) is 2. The van der Waals surface area contributed by atoms with Crippen LogP contribution < -0.4 is 4.90 Å². The lowest BCUT2D eigenvalue weighted by Gasteiger charge is -2.27. The molecule has 0 aromatic heterocycles. The second-order valence-electron chi connectivity index (χ2n) is 4.85. The number of benzene rings is 2. The van der Waals surface area contributed by atoms with Crippen molar-refractivity contribution in [1.29, 1.82) is 0 Å². The normalized spacial score (nSPS) is 12.2. The van der Waals surface area contributed by atoms with E-state index in [4.69, 9.17) is 0 Å². The van der Waals surface area contributed by atoms with Gasteiger partial charge >= 0.3 is 0 Å². The fourth-order valence-corrected chi connectivity index (χ4v) is 2.36. The first-order valence-electron chi connectivity index (χ1n) is 6.88. The third-order valence-corrected chi connectivity index (χ3v) is 3.38. The Morgan fingerprint density at radius 3 is 2.40 bits per heavy atom. The van der Waals surface area contributed by atoms with E-state index in [-0.39, 0.29) is 5.82 Å². The summed E-state index contributed by atoms with van der Waals surface area (Å²) < 4.78 is 14.2. The maximum atomic E-state index is 14.2. The van der Waals surface area contributed by atoms with Gasteiger partial charge in [-0.25, -0.2) is 4.39 Å². The molecule has 3 heteroatoms. The van der Waals surface area contributed by atoms with Gasteiger partial charge in [-0.05, 0) is 25.5 Å². The van der Waals surface area contributed by atoms with E-state index in [2.05, 4.69) is 0 Å². The van der Waals surface area contributed by atoms with Crippen LogP contribution in [0.3, 0.4) is 0 Å². The summed E-state index contributed by atoms with van der Waals surface area (Å²) in [7, 11) is 0. The average molecular weight is 273 g/mol. The van der Waals surface area contributed by atoms with Crippen molar-refractivity contribution in [2.75, 3.05) is 11.4 Å². The van der Waals surface area contributed by atoms with Gasteiger partial charge < -0.3 is 10.0 Å². The summed E-state index contributed by atoms with van der Waals surface area (Å²) >= 11 is 0. The molecular weight excluding hydrogens is 253 g/mol. The summed E-state index contributed by atoms with van der Waals surface area (Å²) in [6, 6.07) is 14.8. The van der Waals surface area contributed by atoms with Gasteiger partial charge in [-0.15, -0.1) is 0 Å². The summed E-state index contributed by atoms with van der Waals surface area (Å²) in [4.78, 5) is 1.95. The van der Waals surface area contributed by atoms with Crippen LogP contribution in [0.5, 0.6) is 0 Å². The van der Waals surface area contributed by atoms with E-state index < -0.39 is 6.10 Å². The Labute approximate surface area is 119 Å². The van der Waals surface area contributed by atoms with Crippen molar-refractivity contribution < 1.29 is 9.50 Å². The molecule has 2 aromatic rings. The SMILES string of the molecule is CCN(Cc1ccccc1)c1c(F)cccc1[C@@H](C)O. The predicted octanol–water partition coefficient (Wildman–Crippen LogP) is 3.91. The van der Waals surface area contributed by atoms with E-state index in [0.717, 1.165) is 5.56 Å². The summed E-state index contributed by atoms with van der Waals surface area (Å²) in [5.74, 6) is -0.291. The van der Waals surface area contributed by atoms with Gasteiger partial charge in [-0.3, -0.25) is 0 Å². The van der Waals surface area contributed by atoms with Crippen LogP contribution in [-0.2, 0) is 6.54 Å². The number of anilines is 1. The Hall–Kier alpha value is -1.87. The molecule has 20 heavy (non-hydrogen) atoms. The largest absolute Gasteiger partial charge is 0.389 e. The van der Waals surface area contributed by atoms with Crippen molar-refractivity contribution in [3.05, 3.63) is 65.5 Å². The van der Waals surface area contributed by atoms with Crippen LogP contribution in [0.1, 0.15) is 31.1 Å². The monoisotopic (exact) mass is 273 g/mol. The van der Waals surface area contributed by atoms with Gasteiger partial charge in [0.15, 0.2) is 0 Å². The lowest BCUT2D eigenvalue weighted by molar-refractivity contribution is 0.199. The molecule has 0 radical (unpaired) electrons. The first-order valence-corrected chi connectivity index (χ1v) is 6.88. The van der Waals surface area contributed by atoms with Gasteiger partial charge in [0.1, 0.15) is 5.82 Å². The molecule has 0 aliphatic carbocycles. The third kappa shape index (κ3) is 3.17. The van der Waals surface area contributed by atoms with Crippen molar-refractivity contribution in [3.8, 4) is 0 Å². The Morgan fingerprint density at radius 2 is 1.80 bits per heavy atom. The third-order valence-electron chi connectivity index (χ3n) is 3.38. The van der Waals surface area contributed by atoms with Gasteiger partial charge in [0.05, 0.1) is 11.8 Å². The molecule has 2 rings (SSSR count). The molecule has 0 fully saturated rings. The van der Waals surface area contributed by atoms with Crippen molar-refractivity contribution in [2.24, 2.45) is 0 Å².